The fourth-order valence-corrected chi connectivity index (χ4v) is 4.76. The van der Waals surface area contributed by atoms with Gasteiger partial charge < -0.3 is 14.9 Å². The zero-order valence-electron chi connectivity index (χ0n) is 20.7. The summed E-state index contributed by atoms with van der Waals surface area (Å²) in [7, 11) is 0. The number of allylic oxidation sites excluding steroid dienone is 1. The number of aliphatic hydroxyl groups excluding tert-OH is 2. The Bertz CT molecular complexity index is 858. The molecule has 1 aromatic rings. The number of carbonyl (C=O) groups excluding carboxylic acids is 2. The molecule has 33 heavy (non-hydrogen) atoms. The Morgan fingerprint density at radius 3 is 2.61 bits per heavy atom. The van der Waals surface area contributed by atoms with Gasteiger partial charge in [-0.1, -0.05) is 39.3 Å². The minimum absolute atomic E-state index is 0.0430. The Kier molecular flexibility index (Phi) is 10.0. The van der Waals surface area contributed by atoms with Crippen LogP contribution < -0.4 is 0 Å². The van der Waals surface area contributed by atoms with Gasteiger partial charge in [0, 0.05) is 17.7 Å². The van der Waals surface area contributed by atoms with Crippen molar-refractivity contribution in [1.82, 2.24) is 4.98 Å². The highest BCUT2D eigenvalue weighted by Crippen LogP contribution is 2.32. The zero-order chi connectivity index (χ0) is 24.8. The summed E-state index contributed by atoms with van der Waals surface area (Å²) < 4.78 is 5.78. The fraction of sp³-hybridized carbons (Fsp3) is 0.654. The third kappa shape index (κ3) is 7.59. The molecule has 0 spiro atoms. The lowest BCUT2D eigenvalue weighted by Gasteiger charge is -2.34. The number of hydrogen-bond acceptors (Lipinski definition) is 7. The number of cyclic esters (lactones) is 1. The Hall–Kier alpha value is -1.83. The maximum Gasteiger partial charge on any atom is 0.309 e. The van der Waals surface area contributed by atoms with Crippen molar-refractivity contribution in [2.75, 3.05) is 0 Å². The highest BCUT2D eigenvalue weighted by molar-refractivity contribution is 7.07. The second kappa shape index (κ2) is 12.0. The van der Waals surface area contributed by atoms with Gasteiger partial charge in [0.1, 0.15) is 11.9 Å². The number of rotatable bonds is 2. The van der Waals surface area contributed by atoms with Crippen LogP contribution in [0.25, 0.3) is 6.08 Å². The second-order valence-electron chi connectivity index (χ2n) is 10.0. The van der Waals surface area contributed by atoms with Crippen LogP contribution in [0.15, 0.2) is 28.1 Å². The van der Waals surface area contributed by atoms with E-state index < -0.39 is 35.6 Å². The van der Waals surface area contributed by atoms with E-state index in [4.69, 9.17) is 4.74 Å². The van der Waals surface area contributed by atoms with E-state index in [-0.39, 0.29) is 18.1 Å². The highest BCUT2D eigenvalue weighted by atomic mass is 32.1. The molecule has 1 aliphatic rings. The lowest BCUT2D eigenvalue weighted by Crippen LogP contribution is -2.45. The maximum absolute atomic E-state index is 13.1. The first kappa shape index (κ1) is 27.4. The number of aliphatic hydroxyl groups is 2. The number of Topliss-reactive ketones (excluding diaryl/α,β-unsaturated/α-hetero) is 1. The van der Waals surface area contributed by atoms with Crippen molar-refractivity contribution >= 4 is 29.2 Å². The number of thiazole rings is 1. The number of carbonyl (C=O) groups is 2. The van der Waals surface area contributed by atoms with Crippen LogP contribution >= 0.6 is 11.3 Å². The molecule has 6 nitrogen and oxygen atoms in total. The van der Waals surface area contributed by atoms with Crippen LogP contribution in [-0.2, 0) is 14.3 Å². The molecule has 2 N–H and O–H groups in total. The topological polar surface area (TPSA) is 96.7 Å². The first-order valence-corrected chi connectivity index (χ1v) is 12.7. The molecule has 2 heterocycles. The lowest BCUT2D eigenvalue weighted by atomic mass is 9.73. The first-order valence-electron chi connectivity index (χ1n) is 11.7. The van der Waals surface area contributed by atoms with Gasteiger partial charge in [0.05, 0.1) is 35.2 Å². The molecule has 0 unspecified atom stereocenters. The van der Waals surface area contributed by atoms with Gasteiger partial charge in [-0.15, -0.1) is 11.3 Å². The smallest absolute Gasteiger partial charge is 0.309 e. The van der Waals surface area contributed by atoms with Gasteiger partial charge in [-0.2, -0.15) is 0 Å². The molecular weight excluding hydrogens is 438 g/mol. The van der Waals surface area contributed by atoms with E-state index >= 15 is 0 Å². The molecule has 1 aliphatic heterocycles. The lowest BCUT2D eigenvalue weighted by molar-refractivity contribution is -0.154. The summed E-state index contributed by atoms with van der Waals surface area (Å²) in [6.07, 6.45) is 4.32. The fourth-order valence-electron chi connectivity index (χ4n) is 4.25. The van der Waals surface area contributed by atoms with Crippen molar-refractivity contribution in [3.63, 3.8) is 0 Å². The summed E-state index contributed by atoms with van der Waals surface area (Å²) in [5, 5.41) is 23.5. The van der Waals surface area contributed by atoms with Gasteiger partial charge in [-0.25, -0.2) is 4.98 Å². The third-order valence-corrected chi connectivity index (χ3v) is 7.46. The largest absolute Gasteiger partial charge is 0.457 e. The van der Waals surface area contributed by atoms with Crippen LogP contribution in [0, 0.1) is 17.3 Å². The minimum Gasteiger partial charge on any atom is -0.457 e. The average molecular weight is 478 g/mol. The molecule has 0 aromatic carbocycles. The van der Waals surface area contributed by atoms with Crippen molar-refractivity contribution in [1.29, 1.82) is 0 Å². The maximum atomic E-state index is 13.1. The number of hydrogen-bond donors (Lipinski definition) is 2. The molecule has 7 heteroatoms. The van der Waals surface area contributed by atoms with E-state index in [1.165, 1.54) is 16.9 Å². The van der Waals surface area contributed by atoms with Gasteiger partial charge in [0.25, 0.3) is 0 Å². The Labute approximate surface area is 201 Å². The molecule has 0 aliphatic carbocycles. The first-order chi connectivity index (χ1) is 15.4. The van der Waals surface area contributed by atoms with Gasteiger partial charge in [0.2, 0.25) is 0 Å². The zero-order valence-corrected chi connectivity index (χ0v) is 21.5. The van der Waals surface area contributed by atoms with E-state index in [2.05, 4.69) is 18.0 Å². The average Bonchev–Trinajstić information content (AvgIpc) is 3.26. The van der Waals surface area contributed by atoms with Crippen LogP contribution in [0.4, 0.5) is 0 Å². The third-order valence-electron chi connectivity index (χ3n) is 6.86. The van der Waals surface area contributed by atoms with Gasteiger partial charge in [-0.05, 0) is 50.7 Å². The summed E-state index contributed by atoms with van der Waals surface area (Å²) in [5.74, 6) is -1.49. The molecule has 0 saturated heterocycles. The molecule has 0 amide bonds. The monoisotopic (exact) mass is 477 g/mol. The SMILES string of the molecule is C/C1=C/C[C@@H](/C(C)=C/c2cscn2)OC(=O)C[C@H](O)C(C)(C)C(=O)[C@H](C)[C@@H](O)[C@@H](C)CCC1. The summed E-state index contributed by atoms with van der Waals surface area (Å²) in [6.45, 7) is 10.9. The standard InChI is InChI=1S/C26H39NO5S/c1-16-8-7-9-17(2)24(30)19(4)25(31)26(5,6)22(28)13-23(29)32-21(11-10-16)18(3)12-20-14-33-15-27-20/h10,12,14-15,17,19,21-22,24,28,30H,7-9,11,13H2,1-6H3/b16-10-,18-12+/t17-,19+,21-,22-,24-/m0/s1. The van der Waals surface area contributed by atoms with E-state index in [1.807, 2.05) is 25.3 Å². The normalized spacial score (nSPS) is 32.7. The van der Waals surface area contributed by atoms with Crippen molar-refractivity contribution < 1.29 is 24.5 Å². The van der Waals surface area contributed by atoms with E-state index in [0.29, 0.717) is 6.42 Å². The van der Waals surface area contributed by atoms with Crippen LogP contribution in [0.2, 0.25) is 0 Å². The van der Waals surface area contributed by atoms with E-state index in [9.17, 15) is 19.8 Å². The molecule has 184 valence electrons. The number of nitrogens with zero attached hydrogens (tertiary/aromatic N) is 1. The highest BCUT2D eigenvalue weighted by Gasteiger charge is 2.42. The number of aromatic nitrogens is 1. The predicted octanol–water partition coefficient (Wildman–Crippen LogP) is 4.96. The second-order valence-corrected chi connectivity index (χ2v) is 10.7. The number of ether oxygens (including phenoxy) is 1. The van der Waals surface area contributed by atoms with Crippen LogP contribution in [0.5, 0.6) is 0 Å². The molecule has 2 rings (SSSR count). The molecular formula is C26H39NO5S. The number of ketones is 1. The van der Waals surface area contributed by atoms with Gasteiger partial charge in [-0.3, -0.25) is 9.59 Å². The molecule has 0 saturated carbocycles. The van der Waals surface area contributed by atoms with Gasteiger partial charge >= 0.3 is 5.97 Å². The Balaban J connectivity index is 2.32. The summed E-state index contributed by atoms with van der Waals surface area (Å²) in [5.41, 5.74) is 3.44. The van der Waals surface area contributed by atoms with Crippen molar-refractivity contribution in [2.24, 2.45) is 17.3 Å². The molecule has 1 aromatic heterocycles. The van der Waals surface area contributed by atoms with Crippen LogP contribution in [0.3, 0.4) is 0 Å². The van der Waals surface area contributed by atoms with Crippen molar-refractivity contribution in [3.05, 3.63) is 33.8 Å². The van der Waals surface area contributed by atoms with Crippen molar-refractivity contribution in [3.8, 4) is 0 Å². The summed E-state index contributed by atoms with van der Waals surface area (Å²) >= 11 is 1.50. The molecule has 0 radical (unpaired) electrons. The summed E-state index contributed by atoms with van der Waals surface area (Å²) in [6, 6.07) is 0. The van der Waals surface area contributed by atoms with Gasteiger partial charge in [0.15, 0.2) is 0 Å². The molecule has 0 bridgehead atoms. The summed E-state index contributed by atoms with van der Waals surface area (Å²) in [4.78, 5) is 30.2. The Morgan fingerprint density at radius 1 is 1.27 bits per heavy atom. The van der Waals surface area contributed by atoms with Crippen LogP contribution in [0.1, 0.15) is 79.3 Å². The number of esters is 1. The predicted molar refractivity (Wildman–Crippen MR) is 132 cm³/mol. The minimum atomic E-state index is -1.21. The Morgan fingerprint density at radius 2 is 1.97 bits per heavy atom. The van der Waals surface area contributed by atoms with E-state index in [0.717, 1.165) is 30.5 Å². The van der Waals surface area contributed by atoms with Crippen molar-refractivity contribution in [2.45, 2.75) is 92.0 Å². The quantitative estimate of drug-likeness (QED) is 0.462. The van der Waals surface area contributed by atoms with E-state index in [1.54, 1.807) is 26.3 Å². The van der Waals surface area contributed by atoms with Crippen LogP contribution in [-0.4, -0.2) is 45.3 Å². The molecule has 5 atom stereocenters. The molecule has 0 fully saturated rings.